The van der Waals surface area contributed by atoms with Gasteiger partial charge in [-0.15, -0.1) is 0 Å². The van der Waals surface area contributed by atoms with Crippen LogP contribution in [0.15, 0.2) is 42.5 Å². The summed E-state index contributed by atoms with van der Waals surface area (Å²) in [5.41, 5.74) is 4.98. The van der Waals surface area contributed by atoms with Gasteiger partial charge in [0.25, 0.3) is 5.91 Å². The summed E-state index contributed by atoms with van der Waals surface area (Å²) in [5, 5.41) is 1.11. The lowest BCUT2D eigenvalue weighted by atomic mass is 10.0. The summed E-state index contributed by atoms with van der Waals surface area (Å²) in [7, 11) is 3.49. The van der Waals surface area contributed by atoms with Gasteiger partial charge in [-0.1, -0.05) is 24.3 Å². The zero-order chi connectivity index (χ0) is 18.1. The predicted molar refractivity (Wildman–Crippen MR) is 101 cm³/mol. The van der Waals surface area contributed by atoms with Crippen LogP contribution in [0.4, 0.5) is 0 Å². The highest BCUT2D eigenvalue weighted by atomic mass is 16.5. The highest BCUT2D eigenvalue weighted by molar-refractivity contribution is 6.06. The van der Waals surface area contributed by atoms with E-state index in [4.69, 9.17) is 4.74 Å². The van der Waals surface area contributed by atoms with Gasteiger partial charge in [0.1, 0.15) is 5.75 Å². The second-order valence-electron chi connectivity index (χ2n) is 6.47. The summed E-state index contributed by atoms with van der Waals surface area (Å²) in [6, 6.07) is 13.7. The number of methoxy groups -OCH3 is 1. The standard InChI is InChI=1S/C21H24N2O2/c1-13-14(2)22-20-18(13)7-6-8-19(20)21(24)23(4)15(3)16-9-11-17(25-5)12-10-16/h6-12,15,22H,1-5H3/t15-/m1/s1. The van der Waals surface area contributed by atoms with Crippen molar-refractivity contribution in [2.24, 2.45) is 0 Å². The van der Waals surface area contributed by atoms with Crippen LogP contribution in [0.2, 0.25) is 0 Å². The van der Waals surface area contributed by atoms with Crippen LogP contribution < -0.4 is 4.74 Å². The Hall–Kier alpha value is -2.75. The van der Waals surface area contributed by atoms with E-state index in [-0.39, 0.29) is 11.9 Å². The lowest BCUT2D eigenvalue weighted by molar-refractivity contribution is 0.0744. The molecule has 0 radical (unpaired) electrons. The molecule has 0 spiro atoms. The summed E-state index contributed by atoms with van der Waals surface area (Å²) in [5.74, 6) is 0.821. The van der Waals surface area contributed by atoms with E-state index in [0.717, 1.165) is 27.9 Å². The Morgan fingerprint density at radius 1 is 1.12 bits per heavy atom. The van der Waals surface area contributed by atoms with E-state index in [9.17, 15) is 4.79 Å². The minimum atomic E-state index is -0.0363. The average molecular weight is 336 g/mol. The third-order valence-corrected chi connectivity index (χ3v) is 5.07. The molecule has 0 bridgehead atoms. The molecule has 0 aliphatic rings. The molecule has 0 saturated carbocycles. The molecular formula is C21H24N2O2. The lowest BCUT2D eigenvalue weighted by Crippen LogP contribution is -2.29. The summed E-state index contributed by atoms with van der Waals surface area (Å²) >= 11 is 0. The Balaban J connectivity index is 1.93. The van der Waals surface area contributed by atoms with Gasteiger partial charge in [0.05, 0.1) is 24.2 Å². The normalized spacial score (nSPS) is 12.2. The fourth-order valence-electron chi connectivity index (χ4n) is 3.13. The van der Waals surface area contributed by atoms with Crippen molar-refractivity contribution < 1.29 is 9.53 Å². The van der Waals surface area contributed by atoms with Crippen molar-refractivity contribution in [2.45, 2.75) is 26.8 Å². The van der Waals surface area contributed by atoms with Crippen LogP contribution in [0.1, 0.15) is 40.1 Å². The topological polar surface area (TPSA) is 45.3 Å². The third-order valence-electron chi connectivity index (χ3n) is 5.07. The smallest absolute Gasteiger partial charge is 0.256 e. The number of benzene rings is 2. The van der Waals surface area contributed by atoms with E-state index < -0.39 is 0 Å². The molecule has 0 unspecified atom stereocenters. The molecule has 1 atom stereocenters. The molecule has 3 rings (SSSR count). The maximum absolute atomic E-state index is 13.1. The van der Waals surface area contributed by atoms with Gasteiger partial charge in [0.15, 0.2) is 0 Å². The van der Waals surface area contributed by atoms with Crippen LogP contribution in [0, 0.1) is 13.8 Å². The Kier molecular flexibility index (Phi) is 4.53. The third kappa shape index (κ3) is 3.00. The molecule has 0 aliphatic heterocycles. The Bertz CT molecular complexity index is 910. The number of aromatic nitrogens is 1. The number of nitrogens with zero attached hydrogens (tertiary/aromatic N) is 1. The number of nitrogens with one attached hydrogen (secondary N) is 1. The summed E-state index contributed by atoms with van der Waals surface area (Å²) in [6.07, 6.45) is 0. The molecule has 0 fully saturated rings. The minimum Gasteiger partial charge on any atom is -0.497 e. The first kappa shape index (κ1) is 17.1. The summed E-state index contributed by atoms with van der Waals surface area (Å²) < 4.78 is 5.20. The maximum atomic E-state index is 13.1. The highest BCUT2D eigenvalue weighted by Gasteiger charge is 2.22. The molecule has 130 valence electrons. The Morgan fingerprint density at radius 2 is 1.80 bits per heavy atom. The van der Waals surface area contributed by atoms with E-state index in [1.165, 1.54) is 5.56 Å². The van der Waals surface area contributed by atoms with E-state index in [2.05, 4.69) is 18.0 Å². The van der Waals surface area contributed by atoms with Crippen LogP contribution >= 0.6 is 0 Å². The molecule has 4 nitrogen and oxygen atoms in total. The zero-order valence-electron chi connectivity index (χ0n) is 15.4. The van der Waals surface area contributed by atoms with Crippen LogP contribution in [-0.4, -0.2) is 29.9 Å². The van der Waals surface area contributed by atoms with Gasteiger partial charge in [-0.2, -0.15) is 0 Å². The number of carbonyl (C=O) groups is 1. The maximum Gasteiger partial charge on any atom is 0.256 e. The van der Waals surface area contributed by atoms with Crippen molar-refractivity contribution in [3.8, 4) is 5.75 Å². The minimum absolute atomic E-state index is 0.00941. The average Bonchev–Trinajstić information content (AvgIpc) is 2.94. The van der Waals surface area contributed by atoms with Gasteiger partial charge < -0.3 is 14.6 Å². The number of aromatic amines is 1. The monoisotopic (exact) mass is 336 g/mol. The highest BCUT2D eigenvalue weighted by Crippen LogP contribution is 2.28. The van der Waals surface area contributed by atoms with Crippen LogP contribution in [0.3, 0.4) is 0 Å². The largest absolute Gasteiger partial charge is 0.497 e. The quantitative estimate of drug-likeness (QED) is 0.755. The number of fused-ring (bicyclic) bond motifs is 1. The number of para-hydroxylation sites is 1. The molecule has 0 saturated heterocycles. The number of carbonyl (C=O) groups excluding carboxylic acids is 1. The van der Waals surface area contributed by atoms with Gasteiger partial charge in [-0.25, -0.2) is 0 Å². The molecule has 0 aliphatic carbocycles. The SMILES string of the molecule is COc1ccc([C@@H](C)N(C)C(=O)c2cccc3c(C)c(C)[nH]c23)cc1. The number of amides is 1. The van der Waals surface area contributed by atoms with E-state index >= 15 is 0 Å². The molecule has 1 aromatic heterocycles. The number of hydrogen-bond acceptors (Lipinski definition) is 2. The number of H-pyrrole nitrogens is 1. The van der Waals surface area contributed by atoms with Gasteiger partial charge in [-0.05, 0) is 50.1 Å². The number of aryl methyl sites for hydroxylation is 2. The van der Waals surface area contributed by atoms with Crippen molar-refractivity contribution >= 4 is 16.8 Å². The van der Waals surface area contributed by atoms with Crippen LogP contribution in [0.25, 0.3) is 10.9 Å². The fourth-order valence-corrected chi connectivity index (χ4v) is 3.13. The van der Waals surface area contributed by atoms with E-state index in [0.29, 0.717) is 5.56 Å². The first-order chi connectivity index (χ1) is 11.9. The van der Waals surface area contributed by atoms with Crippen molar-refractivity contribution in [1.29, 1.82) is 0 Å². The van der Waals surface area contributed by atoms with Gasteiger partial charge in [0, 0.05) is 18.1 Å². The zero-order valence-corrected chi connectivity index (χ0v) is 15.4. The van der Waals surface area contributed by atoms with Gasteiger partial charge >= 0.3 is 0 Å². The van der Waals surface area contributed by atoms with E-state index in [1.807, 2.05) is 57.3 Å². The number of rotatable bonds is 4. The lowest BCUT2D eigenvalue weighted by Gasteiger charge is -2.26. The fraction of sp³-hybridized carbons (Fsp3) is 0.286. The molecule has 4 heteroatoms. The van der Waals surface area contributed by atoms with Crippen LogP contribution in [-0.2, 0) is 0 Å². The first-order valence-corrected chi connectivity index (χ1v) is 8.43. The molecule has 1 N–H and O–H groups in total. The van der Waals surface area contributed by atoms with Crippen LogP contribution in [0.5, 0.6) is 5.75 Å². The summed E-state index contributed by atoms with van der Waals surface area (Å²) in [6.45, 7) is 6.14. The number of ether oxygens (including phenoxy) is 1. The predicted octanol–water partition coefficient (Wildman–Crippen LogP) is 4.63. The van der Waals surface area contributed by atoms with Crippen molar-refractivity contribution in [3.63, 3.8) is 0 Å². The molecule has 1 amide bonds. The van der Waals surface area contributed by atoms with Gasteiger partial charge in [-0.3, -0.25) is 4.79 Å². The summed E-state index contributed by atoms with van der Waals surface area (Å²) in [4.78, 5) is 18.2. The van der Waals surface area contributed by atoms with E-state index in [1.54, 1.807) is 12.0 Å². The van der Waals surface area contributed by atoms with Crippen molar-refractivity contribution in [2.75, 3.05) is 14.2 Å². The van der Waals surface area contributed by atoms with Gasteiger partial charge in [0.2, 0.25) is 0 Å². The second-order valence-corrected chi connectivity index (χ2v) is 6.47. The molecule has 1 heterocycles. The Labute approximate surface area is 148 Å². The number of hydrogen-bond donors (Lipinski definition) is 1. The van der Waals surface area contributed by atoms with Crippen molar-refractivity contribution in [1.82, 2.24) is 9.88 Å². The molecule has 2 aromatic carbocycles. The molecule has 25 heavy (non-hydrogen) atoms. The second kappa shape index (κ2) is 6.63. The molecule has 3 aromatic rings. The van der Waals surface area contributed by atoms with Crippen molar-refractivity contribution in [3.05, 3.63) is 64.8 Å². The Morgan fingerprint density at radius 3 is 2.44 bits per heavy atom. The molecular weight excluding hydrogens is 312 g/mol. The first-order valence-electron chi connectivity index (χ1n) is 8.43.